The molecule has 3 unspecified atom stereocenters. The molecule has 0 radical (unpaired) electrons. The van der Waals surface area contributed by atoms with Crippen LogP contribution in [0, 0.1) is 0 Å². The molecule has 10 aromatic rings. The lowest BCUT2D eigenvalue weighted by Crippen LogP contribution is -2.40. The number of nitrogens with one attached hydrogen (secondary N) is 3. The highest BCUT2D eigenvalue weighted by atomic mass is 15.2. The van der Waals surface area contributed by atoms with Crippen LogP contribution in [-0.4, -0.2) is 0 Å². The van der Waals surface area contributed by atoms with Gasteiger partial charge in [-0.25, -0.2) is 0 Å². The normalized spacial score (nSPS) is 15.1. The number of rotatable bonds is 12. The second-order valence-corrected chi connectivity index (χ2v) is 16.8. The fourth-order valence-corrected chi connectivity index (χ4v) is 9.86. The van der Waals surface area contributed by atoms with Crippen LogP contribution in [0.2, 0.25) is 0 Å². The molecular formula is C60H48N4. The topological polar surface area (TPSA) is 62.1 Å². The summed E-state index contributed by atoms with van der Waals surface area (Å²) in [4.78, 5) is 0. The molecule has 0 fully saturated rings. The van der Waals surface area contributed by atoms with Gasteiger partial charge in [0.2, 0.25) is 0 Å². The zero-order valence-electron chi connectivity index (χ0n) is 35.5. The van der Waals surface area contributed by atoms with E-state index in [-0.39, 0.29) is 6.17 Å². The number of hydrogen-bond acceptors (Lipinski definition) is 4. The Labute approximate surface area is 375 Å². The molecule has 0 aromatic heterocycles. The third kappa shape index (κ3) is 7.24. The Kier molecular flexibility index (Phi) is 10.4. The van der Waals surface area contributed by atoms with Crippen molar-refractivity contribution in [1.82, 2.24) is 10.6 Å². The van der Waals surface area contributed by atoms with Crippen LogP contribution in [0.1, 0.15) is 51.3 Å². The number of anilines is 2. The minimum absolute atomic E-state index is 0.300. The van der Waals surface area contributed by atoms with Gasteiger partial charge in [-0.1, -0.05) is 206 Å². The summed E-state index contributed by atoms with van der Waals surface area (Å²) in [7, 11) is 0. The summed E-state index contributed by atoms with van der Waals surface area (Å²) in [6.45, 7) is 0.636. The SMILES string of the molecule is NC(NC(NCc1ccc(-c2ccccc2)cc1)c1ccc2c(c1)C(c1ccc3ccccc3c1)(c1cc3ccccc3cc1Nc1ccccc1)c1ccccc1-2)c1ccccc1. The maximum atomic E-state index is 7.04. The molecular weight excluding hydrogens is 777 g/mol. The smallest absolute Gasteiger partial charge is 0.0852 e. The molecule has 4 heteroatoms. The van der Waals surface area contributed by atoms with Crippen LogP contribution in [0.4, 0.5) is 11.4 Å². The van der Waals surface area contributed by atoms with E-state index in [2.05, 4.69) is 234 Å². The van der Waals surface area contributed by atoms with E-state index < -0.39 is 11.6 Å². The van der Waals surface area contributed by atoms with E-state index in [1.807, 2.05) is 18.2 Å². The van der Waals surface area contributed by atoms with E-state index >= 15 is 0 Å². The number of benzene rings is 10. The van der Waals surface area contributed by atoms with Crippen molar-refractivity contribution in [2.75, 3.05) is 5.32 Å². The summed E-state index contributed by atoms with van der Waals surface area (Å²) >= 11 is 0. The maximum Gasteiger partial charge on any atom is 0.0852 e. The van der Waals surface area contributed by atoms with Gasteiger partial charge in [0.1, 0.15) is 0 Å². The Hall–Kier alpha value is -7.60. The van der Waals surface area contributed by atoms with Gasteiger partial charge in [0, 0.05) is 17.9 Å². The summed E-state index contributed by atoms with van der Waals surface area (Å²) in [6.07, 6.45) is -0.720. The number of hydrogen-bond donors (Lipinski definition) is 4. The summed E-state index contributed by atoms with van der Waals surface area (Å²) < 4.78 is 0. The molecule has 0 amide bonds. The predicted octanol–water partition coefficient (Wildman–Crippen LogP) is 13.8. The summed E-state index contributed by atoms with van der Waals surface area (Å²) in [5.74, 6) is 0. The molecule has 10 aromatic carbocycles. The number of nitrogens with two attached hydrogens (primary N) is 1. The van der Waals surface area contributed by atoms with E-state index in [0.717, 1.165) is 22.5 Å². The molecule has 1 aliphatic rings. The third-order valence-electron chi connectivity index (χ3n) is 13.0. The van der Waals surface area contributed by atoms with Gasteiger partial charge in [-0.3, -0.25) is 10.6 Å². The quantitative estimate of drug-likeness (QED) is 0.0927. The largest absolute Gasteiger partial charge is 0.355 e. The average molecular weight is 825 g/mol. The van der Waals surface area contributed by atoms with E-state index in [0.29, 0.717) is 6.54 Å². The van der Waals surface area contributed by atoms with Crippen LogP contribution in [-0.2, 0) is 12.0 Å². The fraction of sp³-hybridized carbons (Fsp3) is 0.0667. The Balaban J connectivity index is 1.11. The zero-order chi connectivity index (χ0) is 42.9. The fourth-order valence-electron chi connectivity index (χ4n) is 9.86. The monoisotopic (exact) mass is 824 g/mol. The second kappa shape index (κ2) is 16.9. The Morgan fingerprint density at radius 3 is 1.77 bits per heavy atom. The lowest BCUT2D eigenvalue weighted by Gasteiger charge is -2.36. The Morgan fingerprint density at radius 2 is 1.02 bits per heavy atom. The molecule has 1 aliphatic carbocycles. The van der Waals surface area contributed by atoms with Crippen molar-refractivity contribution in [1.29, 1.82) is 0 Å². The number of fused-ring (bicyclic) bond motifs is 5. The average Bonchev–Trinajstić information content (AvgIpc) is 3.66. The van der Waals surface area contributed by atoms with Crippen LogP contribution in [0.15, 0.2) is 237 Å². The van der Waals surface area contributed by atoms with E-state index in [1.54, 1.807) is 0 Å². The van der Waals surface area contributed by atoms with Gasteiger partial charge in [0.05, 0.1) is 17.7 Å². The molecule has 0 saturated heterocycles. The molecule has 64 heavy (non-hydrogen) atoms. The Bertz CT molecular complexity index is 3240. The number of para-hydroxylation sites is 1. The van der Waals surface area contributed by atoms with Crippen molar-refractivity contribution in [3.8, 4) is 22.3 Å². The van der Waals surface area contributed by atoms with Crippen LogP contribution < -0.4 is 21.7 Å². The lowest BCUT2D eigenvalue weighted by molar-refractivity contribution is 0.385. The van der Waals surface area contributed by atoms with E-state index in [9.17, 15) is 0 Å². The van der Waals surface area contributed by atoms with E-state index in [1.165, 1.54) is 71.6 Å². The van der Waals surface area contributed by atoms with Gasteiger partial charge >= 0.3 is 0 Å². The van der Waals surface area contributed by atoms with Crippen molar-refractivity contribution in [2.45, 2.75) is 24.3 Å². The minimum Gasteiger partial charge on any atom is -0.355 e. The summed E-state index contributed by atoms with van der Waals surface area (Å²) in [5, 5.41) is 16.5. The van der Waals surface area contributed by atoms with Gasteiger partial charge in [0.25, 0.3) is 0 Å². The van der Waals surface area contributed by atoms with Gasteiger partial charge in [-0.2, -0.15) is 0 Å². The van der Waals surface area contributed by atoms with Crippen LogP contribution in [0.25, 0.3) is 43.8 Å². The Morgan fingerprint density at radius 1 is 0.422 bits per heavy atom. The second-order valence-electron chi connectivity index (χ2n) is 16.8. The first-order valence-electron chi connectivity index (χ1n) is 22.2. The van der Waals surface area contributed by atoms with Gasteiger partial charge in [-0.05, 0) is 113 Å². The van der Waals surface area contributed by atoms with Crippen LogP contribution in [0.5, 0.6) is 0 Å². The standard InChI is InChI=1S/C60H48N4/c61-58(45-19-6-2-7-20-45)64-59(62-40-41-28-30-44(31-29-41)42-16-4-1-5-17-42)49-33-35-53-52-26-14-15-27-54(52)60(55(53)38-49,50-34-32-43-18-10-11-21-46(43)36-50)56-37-47-22-12-13-23-48(47)39-57(56)63-51-24-8-3-9-25-51/h1-39,58-59,62-64H,40,61H2. The molecule has 0 heterocycles. The van der Waals surface area contributed by atoms with Crippen molar-refractivity contribution < 1.29 is 0 Å². The van der Waals surface area contributed by atoms with Crippen molar-refractivity contribution in [3.05, 3.63) is 276 Å². The van der Waals surface area contributed by atoms with E-state index in [4.69, 9.17) is 5.73 Å². The highest BCUT2D eigenvalue weighted by molar-refractivity contribution is 5.95. The first-order chi connectivity index (χ1) is 31.6. The summed E-state index contributed by atoms with van der Waals surface area (Å²) in [6, 6.07) is 85.4. The molecule has 0 bridgehead atoms. The van der Waals surface area contributed by atoms with Gasteiger partial charge in [0.15, 0.2) is 0 Å². The molecule has 0 saturated carbocycles. The van der Waals surface area contributed by atoms with Crippen molar-refractivity contribution in [2.24, 2.45) is 5.73 Å². The molecule has 11 rings (SSSR count). The lowest BCUT2D eigenvalue weighted by atomic mass is 9.66. The first kappa shape index (κ1) is 39.3. The summed E-state index contributed by atoms with van der Waals surface area (Å²) in [5.41, 5.74) is 21.4. The molecule has 0 spiro atoms. The first-order valence-corrected chi connectivity index (χ1v) is 22.2. The van der Waals surface area contributed by atoms with Crippen molar-refractivity contribution in [3.63, 3.8) is 0 Å². The molecule has 4 nitrogen and oxygen atoms in total. The third-order valence-corrected chi connectivity index (χ3v) is 13.0. The minimum atomic E-state index is -0.716. The maximum absolute atomic E-state index is 7.04. The van der Waals surface area contributed by atoms with Crippen molar-refractivity contribution >= 4 is 32.9 Å². The van der Waals surface area contributed by atoms with Crippen LogP contribution >= 0.6 is 0 Å². The molecule has 0 aliphatic heterocycles. The highest BCUT2D eigenvalue weighted by Crippen LogP contribution is 2.58. The zero-order valence-corrected chi connectivity index (χ0v) is 35.5. The van der Waals surface area contributed by atoms with Gasteiger partial charge in [-0.15, -0.1) is 0 Å². The van der Waals surface area contributed by atoms with Crippen LogP contribution in [0.3, 0.4) is 0 Å². The predicted molar refractivity (Wildman–Crippen MR) is 266 cm³/mol. The molecule has 308 valence electrons. The highest BCUT2D eigenvalue weighted by Gasteiger charge is 2.48. The van der Waals surface area contributed by atoms with Gasteiger partial charge < -0.3 is 11.1 Å². The molecule has 3 atom stereocenters. The molecule has 5 N–H and O–H groups in total.